The molecule has 0 aromatic heterocycles. The molecule has 0 unspecified atom stereocenters. The lowest BCUT2D eigenvalue weighted by Crippen LogP contribution is -1.98. The van der Waals surface area contributed by atoms with E-state index in [1.54, 1.807) is 22.3 Å². The fourth-order valence-corrected chi connectivity index (χ4v) is 13.4. The van der Waals surface area contributed by atoms with Crippen LogP contribution in [0.3, 0.4) is 0 Å². The van der Waals surface area contributed by atoms with Crippen molar-refractivity contribution in [2.75, 3.05) is 0 Å². The zero-order valence-electron chi connectivity index (χ0n) is 50.0. The van der Waals surface area contributed by atoms with Crippen molar-refractivity contribution in [3.8, 4) is 0 Å². The van der Waals surface area contributed by atoms with Crippen LogP contribution in [0.2, 0.25) is 0 Å². The van der Waals surface area contributed by atoms with Crippen molar-refractivity contribution in [2.45, 2.75) is 310 Å². The number of hydrogen-bond donors (Lipinski definition) is 0. The van der Waals surface area contributed by atoms with Crippen molar-refractivity contribution in [2.24, 2.45) is 0 Å². The highest BCUT2D eigenvalue weighted by Crippen LogP contribution is 2.33. The number of aryl methyl sites for hydroxylation is 4. The Morgan fingerprint density at radius 1 is 0.158 bits per heavy atom. The van der Waals surface area contributed by atoms with Gasteiger partial charge in [-0.25, -0.2) is 0 Å². The second kappa shape index (κ2) is 35.1. The summed E-state index contributed by atoms with van der Waals surface area (Å²) < 4.78 is 0. The van der Waals surface area contributed by atoms with Gasteiger partial charge in [-0.2, -0.15) is 0 Å². The summed E-state index contributed by atoms with van der Waals surface area (Å²) in [6, 6.07) is 30.7. The molecule has 76 heavy (non-hydrogen) atoms. The minimum atomic E-state index is 1.23. The first-order valence-electron chi connectivity index (χ1n) is 33.7. The fraction of sp³-hybridized carbons (Fsp3) is 0.632. The van der Waals surface area contributed by atoms with Crippen LogP contribution < -0.4 is 0 Å². The first-order chi connectivity index (χ1) is 37.6. The molecule has 0 amide bonds. The smallest absolute Gasteiger partial charge is 0.00923 e. The quantitative estimate of drug-likeness (QED) is 0.0264. The summed E-state index contributed by atoms with van der Waals surface area (Å²) in [5, 5.41) is 17.1. The monoisotopic (exact) mass is 1020 g/mol. The van der Waals surface area contributed by atoms with Crippen molar-refractivity contribution in [1.29, 1.82) is 0 Å². The van der Waals surface area contributed by atoms with Crippen molar-refractivity contribution in [3.05, 3.63) is 116 Å². The third-order valence-corrected chi connectivity index (χ3v) is 18.3. The minimum Gasteiger partial charge on any atom is -0.0654 e. The van der Waals surface area contributed by atoms with Crippen LogP contribution in [0.25, 0.3) is 43.1 Å². The number of rotatable bonds is 44. The molecule has 0 saturated heterocycles. The Kier molecular flexibility index (Phi) is 27.7. The van der Waals surface area contributed by atoms with Gasteiger partial charge in [-0.05, 0) is 186 Å². The molecule has 0 aliphatic heterocycles. The maximum Gasteiger partial charge on any atom is -0.00923 e. The number of unbranched alkanes of at least 4 members (excludes halogenated alkanes) is 36. The summed E-state index contributed by atoms with van der Waals surface area (Å²) in [4.78, 5) is 0. The van der Waals surface area contributed by atoms with E-state index in [2.05, 4.69) is 100 Å². The molecule has 0 fully saturated rings. The van der Waals surface area contributed by atoms with E-state index in [9.17, 15) is 0 Å². The van der Waals surface area contributed by atoms with Gasteiger partial charge in [0.05, 0.1) is 0 Å². The standard InChI is InChI=1S/C76H112/c1-5-9-13-17-21-25-29-33-37-41-45-61-49-65-53-69-57-73-74(58-70(69)54-66(65)50-62(61)46-42-38-34-30-26-22-18-14-10-6-2)76-60-72-56-68-52-64(48-44-40-36-32-28-24-20-16-12-8-4)63(51-67(68)55-71(72)59-75(73)76)47-43-39-35-31-27-23-19-15-11-7-3/h49-60H,5-48H2,1-4H3. The Labute approximate surface area is 466 Å². The van der Waals surface area contributed by atoms with Gasteiger partial charge >= 0.3 is 0 Å². The average molecular weight is 1030 g/mol. The summed E-state index contributed by atoms with van der Waals surface area (Å²) in [5.74, 6) is 0. The van der Waals surface area contributed by atoms with Crippen molar-refractivity contribution < 1.29 is 0 Å². The van der Waals surface area contributed by atoms with E-state index in [4.69, 9.17) is 0 Å². The van der Waals surface area contributed by atoms with Crippen molar-refractivity contribution in [1.82, 2.24) is 0 Å². The Balaban J connectivity index is 1.07. The van der Waals surface area contributed by atoms with Gasteiger partial charge in [0.25, 0.3) is 0 Å². The summed E-state index contributed by atoms with van der Waals surface area (Å²) >= 11 is 0. The molecular formula is C76H112. The molecule has 0 spiro atoms. The Morgan fingerprint density at radius 3 is 0.474 bits per heavy atom. The summed E-state index contributed by atoms with van der Waals surface area (Å²) in [5.41, 5.74) is 6.53. The van der Waals surface area contributed by atoms with Crippen molar-refractivity contribution >= 4 is 43.1 Å². The lowest BCUT2D eigenvalue weighted by atomic mass is 9.89. The molecule has 1 aliphatic carbocycles. The molecule has 0 bridgehead atoms. The highest BCUT2D eigenvalue weighted by atomic mass is 14.2. The van der Waals surface area contributed by atoms with Gasteiger partial charge in [-0.15, -0.1) is 0 Å². The molecule has 416 valence electrons. The number of fused-ring (bicyclic) bond motifs is 6. The lowest BCUT2D eigenvalue weighted by molar-refractivity contribution is 0.553. The zero-order chi connectivity index (χ0) is 52.8. The third-order valence-electron chi connectivity index (χ3n) is 18.3. The van der Waals surface area contributed by atoms with Crippen LogP contribution in [0, 0.1) is 20.9 Å². The van der Waals surface area contributed by atoms with E-state index in [0.717, 1.165) is 0 Å². The van der Waals surface area contributed by atoms with Gasteiger partial charge in [0.1, 0.15) is 0 Å². The third kappa shape index (κ3) is 19.3. The van der Waals surface area contributed by atoms with Gasteiger partial charge in [0.2, 0.25) is 0 Å². The first-order valence-corrected chi connectivity index (χ1v) is 33.7. The Hall–Kier alpha value is -3.64. The maximum atomic E-state index is 2.62. The van der Waals surface area contributed by atoms with Crippen LogP contribution in [0.5, 0.6) is 0 Å². The first kappa shape index (κ1) is 60.0. The minimum absolute atomic E-state index is 1.23. The maximum absolute atomic E-state index is 2.62. The normalized spacial score (nSPS) is 12.2. The lowest BCUT2D eigenvalue weighted by Gasteiger charge is -2.15. The Morgan fingerprint density at radius 2 is 0.303 bits per heavy atom. The van der Waals surface area contributed by atoms with Gasteiger partial charge in [0, 0.05) is 0 Å². The van der Waals surface area contributed by atoms with Crippen LogP contribution in [-0.4, -0.2) is 0 Å². The second-order valence-corrected chi connectivity index (χ2v) is 24.9. The zero-order valence-corrected chi connectivity index (χ0v) is 50.0. The molecule has 7 rings (SSSR count). The van der Waals surface area contributed by atoms with Crippen molar-refractivity contribution in [3.63, 3.8) is 0 Å². The van der Waals surface area contributed by atoms with Gasteiger partial charge in [-0.1, -0.05) is 283 Å². The van der Waals surface area contributed by atoms with E-state index >= 15 is 0 Å². The topological polar surface area (TPSA) is 0 Å². The Bertz CT molecular complexity index is 2380. The van der Waals surface area contributed by atoms with Crippen LogP contribution in [0.1, 0.15) is 307 Å². The van der Waals surface area contributed by atoms with E-state index in [-0.39, 0.29) is 0 Å². The molecule has 6 aromatic carbocycles. The van der Waals surface area contributed by atoms with Gasteiger partial charge < -0.3 is 0 Å². The molecule has 0 heteroatoms. The summed E-state index contributed by atoms with van der Waals surface area (Å²) in [7, 11) is 0. The molecule has 1 aliphatic rings. The van der Waals surface area contributed by atoms with Crippen LogP contribution in [0.4, 0.5) is 0 Å². The second-order valence-electron chi connectivity index (χ2n) is 24.9. The predicted molar refractivity (Wildman–Crippen MR) is 340 cm³/mol. The number of benzene rings is 6. The van der Waals surface area contributed by atoms with E-state index in [1.807, 2.05) is 0 Å². The van der Waals surface area contributed by atoms with E-state index in [1.165, 1.54) is 346 Å². The number of hydrogen-bond acceptors (Lipinski definition) is 0. The predicted octanol–water partition coefficient (Wildman–Crippen LogP) is 25.0. The molecule has 0 heterocycles. The molecular weight excluding hydrogens is 913 g/mol. The fourth-order valence-electron chi connectivity index (χ4n) is 13.4. The van der Waals surface area contributed by atoms with Crippen LogP contribution >= 0.6 is 0 Å². The van der Waals surface area contributed by atoms with Gasteiger partial charge in [-0.3, -0.25) is 0 Å². The van der Waals surface area contributed by atoms with E-state index < -0.39 is 0 Å². The van der Waals surface area contributed by atoms with E-state index in [0.29, 0.717) is 0 Å². The largest absolute Gasteiger partial charge is 0.0654 e. The SMILES string of the molecule is CCCCCCCCCCCCc1cc2cc3cc4c(cc3cc2cc1CCCCCCCCCCCC)=c1cc2cc3cc(CCCCCCCCCCCC)c(CCCCCCCCCCCC)cc3cc2cc1=4. The molecule has 0 atom stereocenters. The molecule has 0 radical (unpaired) electrons. The highest BCUT2D eigenvalue weighted by molar-refractivity contribution is 6.00. The summed E-state index contributed by atoms with van der Waals surface area (Å²) in [6.07, 6.45) is 61.0. The highest BCUT2D eigenvalue weighted by Gasteiger charge is 2.13. The molecule has 0 N–H and O–H groups in total. The van der Waals surface area contributed by atoms with Crippen LogP contribution in [0.15, 0.2) is 72.8 Å². The van der Waals surface area contributed by atoms with Gasteiger partial charge in [0.15, 0.2) is 0 Å². The molecule has 0 saturated carbocycles. The van der Waals surface area contributed by atoms with Crippen LogP contribution in [-0.2, 0) is 25.7 Å². The molecule has 0 nitrogen and oxygen atoms in total. The molecule has 6 aromatic rings. The average Bonchev–Trinajstić information content (AvgIpc) is 3.49. The summed E-state index contributed by atoms with van der Waals surface area (Å²) in [6.45, 7) is 9.29.